The molecule has 0 aliphatic rings. The summed E-state index contributed by atoms with van der Waals surface area (Å²) in [7, 11) is 0. The molecule has 0 aromatic carbocycles. The molecule has 0 saturated carbocycles. The lowest BCUT2D eigenvalue weighted by atomic mass is 10.1. The number of unbranched alkanes of at least 4 members (excludes halogenated alkanes) is 4. The molecule has 0 bridgehead atoms. The number of rotatable bonds is 16. The molecule has 0 aromatic rings. The Hall–Kier alpha value is -1.22. The van der Waals surface area contributed by atoms with Gasteiger partial charge in [-0.2, -0.15) is 0 Å². The number of hydrogen-bond acceptors (Lipinski definition) is 6. The molecular weight excluding hydrogens is 320 g/mol. The Balaban J connectivity index is 3.54. The Morgan fingerprint density at radius 2 is 1.04 bits per heavy atom. The Morgan fingerprint density at radius 3 is 1.40 bits per heavy atom. The molecule has 10 N–H and O–H groups in total. The second-order valence-electron chi connectivity index (χ2n) is 6.42. The Labute approximate surface area is 151 Å². The maximum atomic E-state index is 11.8. The van der Waals surface area contributed by atoms with Gasteiger partial charge in [0.1, 0.15) is 0 Å². The van der Waals surface area contributed by atoms with Gasteiger partial charge in [0.05, 0.1) is 12.1 Å². The molecule has 0 fully saturated rings. The topological polar surface area (TPSA) is 162 Å². The van der Waals surface area contributed by atoms with Gasteiger partial charge in [-0.05, 0) is 58.0 Å². The van der Waals surface area contributed by atoms with E-state index in [4.69, 9.17) is 22.9 Å². The second kappa shape index (κ2) is 16.3. The smallest absolute Gasteiger partial charge is 0.236 e. The van der Waals surface area contributed by atoms with Crippen molar-refractivity contribution < 1.29 is 9.59 Å². The number of carbonyl (C=O) groups is 2. The fourth-order valence-corrected chi connectivity index (χ4v) is 2.39. The molecule has 0 rings (SSSR count). The highest BCUT2D eigenvalue weighted by atomic mass is 16.2. The molecule has 0 aliphatic heterocycles. The second-order valence-corrected chi connectivity index (χ2v) is 6.42. The lowest BCUT2D eigenvalue weighted by Gasteiger charge is -2.13. The lowest BCUT2D eigenvalue weighted by molar-refractivity contribution is -0.123. The van der Waals surface area contributed by atoms with Gasteiger partial charge in [-0.3, -0.25) is 9.59 Å². The number of hydrogen-bond donors (Lipinski definition) is 6. The van der Waals surface area contributed by atoms with E-state index in [-0.39, 0.29) is 11.8 Å². The minimum atomic E-state index is -0.452. The first kappa shape index (κ1) is 23.8. The Morgan fingerprint density at radius 1 is 0.640 bits per heavy atom. The van der Waals surface area contributed by atoms with E-state index >= 15 is 0 Å². The van der Waals surface area contributed by atoms with Crippen molar-refractivity contribution in [2.24, 2.45) is 22.9 Å². The molecule has 0 unspecified atom stereocenters. The third-order valence-corrected chi connectivity index (χ3v) is 4.06. The minimum absolute atomic E-state index is 0.103. The lowest BCUT2D eigenvalue weighted by Crippen LogP contribution is -2.41. The predicted molar refractivity (Wildman–Crippen MR) is 102 cm³/mol. The number of amides is 2. The van der Waals surface area contributed by atoms with Crippen LogP contribution in [0.25, 0.3) is 0 Å². The van der Waals surface area contributed by atoms with Gasteiger partial charge in [-0.1, -0.05) is 12.8 Å². The van der Waals surface area contributed by atoms with Crippen LogP contribution in [0.5, 0.6) is 0 Å². The van der Waals surface area contributed by atoms with Crippen LogP contribution in [0.1, 0.15) is 57.8 Å². The van der Waals surface area contributed by atoms with Crippen molar-refractivity contribution in [1.29, 1.82) is 0 Å². The van der Waals surface area contributed by atoms with Crippen molar-refractivity contribution in [3.8, 4) is 0 Å². The highest BCUT2D eigenvalue weighted by Gasteiger charge is 2.12. The first-order valence-electron chi connectivity index (χ1n) is 9.49. The molecule has 8 nitrogen and oxygen atoms in total. The number of carbonyl (C=O) groups excluding carboxylic acids is 2. The van der Waals surface area contributed by atoms with E-state index in [2.05, 4.69) is 10.6 Å². The van der Waals surface area contributed by atoms with Crippen LogP contribution in [-0.4, -0.2) is 50.1 Å². The zero-order valence-corrected chi connectivity index (χ0v) is 15.5. The maximum absolute atomic E-state index is 11.8. The van der Waals surface area contributed by atoms with Gasteiger partial charge >= 0.3 is 0 Å². The third-order valence-electron chi connectivity index (χ3n) is 4.06. The first-order valence-corrected chi connectivity index (χ1v) is 9.49. The fourth-order valence-electron chi connectivity index (χ4n) is 2.39. The van der Waals surface area contributed by atoms with Crippen molar-refractivity contribution >= 4 is 11.8 Å². The van der Waals surface area contributed by atoms with Gasteiger partial charge in [-0.25, -0.2) is 0 Å². The van der Waals surface area contributed by atoms with Crippen molar-refractivity contribution in [1.82, 2.24) is 10.6 Å². The number of nitrogens with two attached hydrogens (primary N) is 4. The molecular formula is C17H38N6O2. The minimum Gasteiger partial charge on any atom is -0.355 e. The van der Waals surface area contributed by atoms with Gasteiger partial charge in [-0.15, -0.1) is 0 Å². The van der Waals surface area contributed by atoms with Gasteiger partial charge in [0.2, 0.25) is 11.8 Å². The van der Waals surface area contributed by atoms with Gasteiger partial charge in [0.15, 0.2) is 0 Å². The molecule has 0 saturated heterocycles. The first-order chi connectivity index (χ1) is 12.0. The van der Waals surface area contributed by atoms with Crippen LogP contribution in [0.2, 0.25) is 0 Å². The van der Waals surface area contributed by atoms with Crippen molar-refractivity contribution in [2.75, 3.05) is 26.2 Å². The summed E-state index contributed by atoms with van der Waals surface area (Å²) in [6.07, 6.45) is 7.51. The Bertz CT molecular complexity index is 322. The zero-order valence-electron chi connectivity index (χ0n) is 15.5. The molecule has 148 valence electrons. The van der Waals surface area contributed by atoms with E-state index in [0.717, 1.165) is 44.9 Å². The fraction of sp³-hybridized carbons (Fsp3) is 0.882. The summed E-state index contributed by atoms with van der Waals surface area (Å²) >= 11 is 0. The predicted octanol–water partition coefficient (Wildman–Crippen LogP) is -0.698. The largest absolute Gasteiger partial charge is 0.355 e. The van der Waals surface area contributed by atoms with Crippen molar-refractivity contribution in [3.63, 3.8) is 0 Å². The summed E-state index contributed by atoms with van der Waals surface area (Å²) in [5.41, 5.74) is 22.4. The van der Waals surface area contributed by atoms with Crippen LogP contribution in [0, 0.1) is 0 Å². The van der Waals surface area contributed by atoms with Crippen LogP contribution >= 0.6 is 0 Å². The molecule has 2 amide bonds. The monoisotopic (exact) mass is 358 g/mol. The van der Waals surface area contributed by atoms with Crippen LogP contribution in [0.4, 0.5) is 0 Å². The van der Waals surface area contributed by atoms with Crippen LogP contribution in [-0.2, 0) is 9.59 Å². The van der Waals surface area contributed by atoms with E-state index in [9.17, 15) is 9.59 Å². The molecule has 0 heterocycles. The van der Waals surface area contributed by atoms with Gasteiger partial charge < -0.3 is 33.6 Å². The molecule has 0 aliphatic carbocycles. The highest BCUT2D eigenvalue weighted by Crippen LogP contribution is 2.00. The molecule has 0 spiro atoms. The van der Waals surface area contributed by atoms with E-state index < -0.39 is 12.1 Å². The van der Waals surface area contributed by atoms with Crippen LogP contribution < -0.4 is 33.6 Å². The molecule has 25 heavy (non-hydrogen) atoms. The van der Waals surface area contributed by atoms with Crippen molar-refractivity contribution in [2.45, 2.75) is 69.9 Å². The van der Waals surface area contributed by atoms with Crippen LogP contribution in [0.3, 0.4) is 0 Å². The maximum Gasteiger partial charge on any atom is 0.236 e. The van der Waals surface area contributed by atoms with E-state index in [1.807, 2.05) is 0 Å². The molecule has 0 aromatic heterocycles. The van der Waals surface area contributed by atoms with E-state index in [1.165, 1.54) is 0 Å². The van der Waals surface area contributed by atoms with Gasteiger partial charge in [0, 0.05) is 13.1 Å². The van der Waals surface area contributed by atoms with E-state index in [0.29, 0.717) is 39.0 Å². The van der Waals surface area contributed by atoms with Gasteiger partial charge in [0.25, 0.3) is 0 Å². The molecule has 0 radical (unpaired) electrons. The summed E-state index contributed by atoms with van der Waals surface area (Å²) in [4.78, 5) is 23.5. The average molecular weight is 359 g/mol. The zero-order chi connectivity index (χ0) is 18.9. The third kappa shape index (κ3) is 13.7. The summed E-state index contributed by atoms with van der Waals surface area (Å²) in [6.45, 7) is 2.47. The highest BCUT2D eigenvalue weighted by molar-refractivity contribution is 5.81. The summed E-state index contributed by atoms with van der Waals surface area (Å²) in [6, 6.07) is -0.904. The summed E-state index contributed by atoms with van der Waals surface area (Å²) < 4.78 is 0. The van der Waals surface area contributed by atoms with Crippen molar-refractivity contribution in [3.05, 3.63) is 0 Å². The standard InChI is InChI=1S/C17H38N6O2/c18-10-4-2-8-14(20)16(24)22-12-6-1-7-13-23-17(25)15(21)9-3-5-11-19/h14-15H,1-13,18-21H2,(H,22,24)(H,23,25)/t14-,15-/m0/s1. The summed E-state index contributed by atoms with van der Waals surface area (Å²) in [5, 5.41) is 5.69. The average Bonchev–Trinajstić information content (AvgIpc) is 2.60. The normalized spacial score (nSPS) is 13.3. The summed E-state index contributed by atoms with van der Waals surface area (Å²) in [5.74, 6) is -0.206. The van der Waals surface area contributed by atoms with Crippen LogP contribution in [0.15, 0.2) is 0 Å². The van der Waals surface area contributed by atoms with E-state index in [1.54, 1.807) is 0 Å². The quantitative estimate of drug-likeness (QED) is 0.200. The SMILES string of the molecule is NCCCC[C@H](N)C(=O)NCCCCCNC(=O)[C@@H](N)CCCCN. The number of nitrogens with one attached hydrogen (secondary N) is 2. The molecule has 8 heteroatoms. The Kier molecular flexibility index (Phi) is 15.5. The molecule has 2 atom stereocenters.